The highest BCUT2D eigenvalue weighted by molar-refractivity contribution is 5.45. The molecular formula is C14H21NO2. The van der Waals surface area contributed by atoms with Crippen molar-refractivity contribution in [1.82, 2.24) is 4.90 Å². The first-order valence-corrected chi connectivity index (χ1v) is 6.24. The predicted octanol–water partition coefficient (Wildman–Crippen LogP) is 2.51. The van der Waals surface area contributed by atoms with Gasteiger partial charge >= 0.3 is 0 Å². The lowest BCUT2D eigenvalue weighted by atomic mass is 10.0. The van der Waals surface area contributed by atoms with Gasteiger partial charge in [-0.05, 0) is 38.2 Å². The third-order valence-electron chi connectivity index (χ3n) is 3.23. The first kappa shape index (κ1) is 12.2. The number of fused-ring (bicyclic) bond motifs is 1. The molecule has 1 unspecified atom stereocenters. The second-order valence-electron chi connectivity index (χ2n) is 4.67. The van der Waals surface area contributed by atoms with Crippen LogP contribution in [0.5, 0.6) is 11.5 Å². The van der Waals surface area contributed by atoms with Gasteiger partial charge in [0.05, 0.1) is 13.7 Å². The fourth-order valence-electron chi connectivity index (χ4n) is 2.38. The Morgan fingerprint density at radius 2 is 2.29 bits per heavy atom. The Morgan fingerprint density at radius 3 is 3.00 bits per heavy atom. The van der Waals surface area contributed by atoms with Crippen LogP contribution in [0, 0.1) is 0 Å². The SMILES string of the molecule is CCCN(C)CC1COc2ccc(OC)cc21. The van der Waals surface area contributed by atoms with Crippen LogP contribution in [0.25, 0.3) is 0 Å². The quantitative estimate of drug-likeness (QED) is 0.782. The van der Waals surface area contributed by atoms with E-state index >= 15 is 0 Å². The molecule has 1 heterocycles. The third kappa shape index (κ3) is 2.72. The first-order valence-electron chi connectivity index (χ1n) is 6.24. The molecule has 0 radical (unpaired) electrons. The van der Waals surface area contributed by atoms with E-state index in [-0.39, 0.29) is 0 Å². The minimum absolute atomic E-state index is 0.469. The highest BCUT2D eigenvalue weighted by Gasteiger charge is 2.25. The molecular weight excluding hydrogens is 214 g/mol. The van der Waals surface area contributed by atoms with Crippen molar-refractivity contribution in [3.63, 3.8) is 0 Å². The minimum atomic E-state index is 0.469. The number of ether oxygens (including phenoxy) is 2. The maximum Gasteiger partial charge on any atom is 0.123 e. The largest absolute Gasteiger partial charge is 0.497 e. The van der Waals surface area contributed by atoms with Crippen molar-refractivity contribution in [2.45, 2.75) is 19.3 Å². The van der Waals surface area contributed by atoms with Crippen molar-refractivity contribution in [1.29, 1.82) is 0 Å². The molecule has 1 aromatic carbocycles. The van der Waals surface area contributed by atoms with E-state index in [1.165, 1.54) is 12.0 Å². The molecule has 94 valence electrons. The number of nitrogens with zero attached hydrogens (tertiary/aromatic N) is 1. The predicted molar refractivity (Wildman–Crippen MR) is 69.0 cm³/mol. The van der Waals surface area contributed by atoms with Crippen LogP contribution < -0.4 is 9.47 Å². The molecule has 0 aromatic heterocycles. The fraction of sp³-hybridized carbons (Fsp3) is 0.571. The molecule has 0 N–H and O–H groups in total. The Hall–Kier alpha value is -1.22. The van der Waals surface area contributed by atoms with Gasteiger partial charge in [0.25, 0.3) is 0 Å². The molecule has 0 amide bonds. The van der Waals surface area contributed by atoms with Gasteiger partial charge in [0.15, 0.2) is 0 Å². The zero-order valence-electron chi connectivity index (χ0n) is 10.9. The zero-order chi connectivity index (χ0) is 12.3. The average Bonchev–Trinajstić information content (AvgIpc) is 2.72. The Bertz CT molecular complexity index is 378. The fourth-order valence-corrected chi connectivity index (χ4v) is 2.38. The van der Waals surface area contributed by atoms with E-state index in [1.54, 1.807) is 7.11 Å². The summed E-state index contributed by atoms with van der Waals surface area (Å²) in [5.41, 5.74) is 1.28. The van der Waals surface area contributed by atoms with Gasteiger partial charge in [-0.25, -0.2) is 0 Å². The van der Waals surface area contributed by atoms with Gasteiger partial charge in [0.1, 0.15) is 11.5 Å². The van der Waals surface area contributed by atoms with Crippen LogP contribution in [0.3, 0.4) is 0 Å². The van der Waals surface area contributed by atoms with E-state index in [0.29, 0.717) is 5.92 Å². The van der Waals surface area contributed by atoms with Gasteiger partial charge in [-0.2, -0.15) is 0 Å². The number of methoxy groups -OCH3 is 1. The van der Waals surface area contributed by atoms with Gasteiger partial charge in [0, 0.05) is 18.0 Å². The molecule has 3 heteroatoms. The highest BCUT2D eigenvalue weighted by Crippen LogP contribution is 2.36. The summed E-state index contributed by atoms with van der Waals surface area (Å²) in [6.07, 6.45) is 1.19. The summed E-state index contributed by atoms with van der Waals surface area (Å²) in [6.45, 7) is 5.18. The molecule has 1 aliphatic rings. The Labute approximate surface area is 103 Å². The maximum absolute atomic E-state index is 5.71. The molecule has 0 saturated carbocycles. The summed E-state index contributed by atoms with van der Waals surface area (Å²) in [4.78, 5) is 2.36. The van der Waals surface area contributed by atoms with Gasteiger partial charge in [-0.1, -0.05) is 6.92 Å². The summed E-state index contributed by atoms with van der Waals surface area (Å²) >= 11 is 0. The van der Waals surface area contributed by atoms with Crippen LogP contribution in [-0.4, -0.2) is 38.8 Å². The minimum Gasteiger partial charge on any atom is -0.497 e. The number of likely N-dealkylation sites (N-methyl/N-ethyl adjacent to an activating group) is 1. The van der Waals surface area contributed by atoms with Crippen molar-refractivity contribution in [2.24, 2.45) is 0 Å². The van der Waals surface area contributed by atoms with Crippen LogP contribution in [-0.2, 0) is 0 Å². The van der Waals surface area contributed by atoms with Gasteiger partial charge in [0.2, 0.25) is 0 Å². The Kier molecular flexibility index (Phi) is 3.89. The van der Waals surface area contributed by atoms with Crippen LogP contribution in [0.2, 0.25) is 0 Å². The number of hydrogen-bond acceptors (Lipinski definition) is 3. The van der Waals surface area contributed by atoms with Crippen LogP contribution in [0.4, 0.5) is 0 Å². The summed E-state index contributed by atoms with van der Waals surface area (Å²) in [5.74, 6) is 2.40. The number of hydrogen-bond donors (Lipinski definition) is 0. The molecule has 0 spiro atoms. The van der Waals surface area contributed by atoms with Crippen LogP contribution in [0.1, 0.15) is 24.8 Å². The topological polar surface area (TPSA) is 21.7 Å². The second kappa shape index (κ2) is 5.41. The van der Waals surface area contributed by atoms with Crippen molar-refractivity contribution in [3.05, 3.63) is 23.8 Å². The highest BCUT2D eigenvalue weighted by atomic mass is 16.5. The first-order chi connectivity index (χ1) is 8.24. The van der Waals surface area contributed by atoms with E-state index in [4.69, 9.17) is 9.47 Å². The molecule has 17 heavy (non-hydrogen) atoms. The lowest BCUT2D eigenvalue weighted by Gasteiger charge is -2.19. The standard InChI is InChI=1S/C14H21NO2/c1-4-7-15(2)9-11-10-17-14-6-5-12(16-3)8-13(11)14/h5-6,8,11H,4,7,9-10H2,1-3H3. The molecule has 1 aliphatic heterocycles. The van der Waals surface area contributed by atoms with Gasteiger partial charge < -0.3 is 14.4 Å². The summed E-state index contributed by atoms with van der Waals surface area (Å²) in [5, 5.41) is 0. The van der Waals surface area contributed by atoms with E-state index in [1.807, 2.05) is 12.1 Å². The van der Waals surface area contributed by atoms with E-state index < -0.39 is 0 Å². The Morgan fingerprint density at radius 1 is 1.47 bits per heavy atom. The molecule has 2 rings (SSSR count). The van der Waals surface area contributed by atoms with Crippen molar-refractivity contribution >= 4 is 0 Å². The smallest absolute Gasteiger partial charge is 0.123 e. The zero-order valence-corrected chi connectivity index (χ0v) is 10.9. The maximum atomic E-state index is 5.71. The molecule has 0 bridgehead atoms. The molecule has 1 aromatic rings. The van der Waals surface area contributed by atoms with Crippen LogP contribution in [0.15, 0.2) is 18.2 Å². The van der Waals surface area contributed by atoms with Crippen molar-refractivity contribution < 1.29 is 9.47 Å². The third-order valence-corrected chi connectivity index (χ3v) is 3.23. The number of benzene rings is 1. The van der Waals surface area contributed by atoms with Crippen molar-refractivity contribution in [3.8, 4) is 11.5 Å². The number of rotatable bonds is 5. The summed E-state index contributed by atoms with van der Waals surface area (Å²) in [7, 11) is 3.87. The molecule has 0 fully saturated rings. The molecule has 0 aliphatic carbocycles. The monoisotopic (exact) mass is 235 g/mol. The normalized spacial score (nSPS) is 18.0. The van der Waals surface area contributed by atoms with E-state index in [2.05, 4.69) is 24.9 Å². The van der Waals surface area contributed by atoms with Gasteiger partial charge in [-0.15, -0.1) is 0 Å². The van der Waals surface area contributed by atoms with Gasteiger partial charge in [-0.3, -0.25) is 0 Å². The Balaban J connectivity index is 2.09. The summed E-state index contributed by atoms with van der Waals surface area (Å²) < 4.78 is 11.0. The van der Waals surface area contributed by atoms with Crippen molar-refractivity contribution in [2.75, 3.05) is 33.9 Å². The molecule has 1 atom stereocenters. The van der Waals surface area contributed by atoms with E-state index in [9.17, 15) is 0 Å². The summed E-state index contributed by atoms with van der Waals surface area (Å²) in [6, 6.07) is 6.07. The van der Waals surface area contributed by atoms with E-state index in [0.717, 1.165) is 31.2 Å². The lowest BCUT2D eigenvalue weighted by Crippen LogP contribution is -2.26. The molecule has 3 nitrogen and oxygen atoms in total. The average molecular weight is 235 g/mol. The second-order valence-corrected chi connectivity index (χ2v) is 4.67. The lowest BCUT2D eigenvalue weighted by molar-refractivity contribution is 0.267. The molecule has 0 saturated heterocycles. The van der Waals surface area contributed by atoms with Crippen LogP contribution >= 0.6 is 0 Å².